The number of ether oxygens (including phenoxy) is 1. The smallest absolute Gasteiger partial charge is 0.326 e. The fraction of sp³-hybridized carbons (Fsp3) is 0.250. The first-order valence-electron chi connectivity index (χ1n) is 9.07. The topological polar surface area (TPSA) is 90.2 Å². The molecule has 1 amide bonds. The SMILES string of the molecule is CCOC(=O)CN(C(=O)CSc1nnnn1-c1cccc(C)c1)c1ccccc1. The molecule has 0 aliphatic rings. The van der Waals surface area contributed by atoms with E-state index in [1.54, 1.807) is 23.7 Å². The van der Waals surface area contributed by atoms with Gasteiger partial charge in [0.25, 0.3) is 0 Å². The summed E-state index contributed by atoms with van der Waals surface area (Å²) >= 11 is 1.21. The lowest BCUT2D eigenvalue weighted by atomic mass is 10.2. The van der Waals surface area contributed by atoms with Crippen molar-refractivity contribution in [3.63, 3.8) is 0 Å². The van der Waals surface area contributed by atoms with Gasteiger partial charge < -0.3 is 9.64 Å². The van der Waals surface area contributed by atoms with Gasteiger partial charge in [-0.05, 0) is 54.1 Å². The van der Waals surface area contributed by atoms with Crippen LogP contribution in [0.1, 0.15) is 12.5 Å². The van der Waals surface area contributed by atoms with E-state index in [2.05, 4.69) is 15.5 Å². The van der Waals surface area contributed by atoms with Crippen LogP contribution in [-0.2, 0) is 14.3 Å². The van der Waals surface area contributed by atoms with E-state index in [9.17, 15) is 9.59 Å². The zero-order chi connectivity index (χ0) is 20.6. The van der Waals surface area contributed by atoms with E-state index in [1.807, 2.05) is 49.4 Å². The Morgan fingerprint density at radius 2 is 1.93 bits per heavy atom. The van der Waals surface area contributed by atoms with Gasteiger partial charge in [0.15, 0.2) is 0 Å². The van der Waals surface area contributed by atoms with E-state index in [-0.39, 0.29) is 24.8 Å². The van der Waals surface area contributed by atoms with Crippen molar-refractivity contribution in [1.29, 1.82) is 0 Å². The van der Waals surface area contributed by atoms with Gasteiger partial charge in [0.05, 0.1) is 18.0 Å². The highest BCUT2D eigenvalue weighted by Gasteiger charge is 2.21. The van der Waals surface area contributed by atoms with E-state index in [0.29, 0.717) is 10.8 Å². The number of amides is 1. The third-order valence-electron chi connectivity index (χ3n) is 3.97. The fourth-order valence-electron chi connectivity index (χ4n) is 2.66. The van der Waals surface area contributed by atoms with Crippen LogP contribution in [0.15, 0.2) is 59.8 Å². The van der Waals surface area contributed by atoms with Crippen molar-refractivity contribution >= 4 is 29.3 Å². The van der Waals surface area contributed by atoms with Gasteiger partial charge in [-0.15, -0.1) is 5.10 Å². The number of aromatic nitrogens is 4. The van der Waals surface area contributed by atoms with Gasteiger partial charge in [-0.1, -0.05) is 42.1 Å². The molecule has 0 saturated heterocycles. The summed E-state index contributed by atoms with van der Waals surface area (Å²) in [5.41, 5.74) is 2.52. The predicted octanol–water partition coefficient (Wildman–Crippen LogP) is 2.66. The molecule has 8 nitrogen and oxygen atoms in total. The van der Waals surface area contributed by atoms with Crippen LogP contribution in [-0.4, -0.2) is 51.0 Å². The van der Waals surface area contributed by atoms with Crippen LogP contribution < -0.4 is 4.90 Å². The van der Waals surface area contributed by atoms with Gasteiger partial charge in [-0.3, -0.25) is 9.59 Å². The van der Waals surface area contributed by atoms with Gasteiger partial charge in [-0.2, -0.15) is 4.68 Å². The van der Waals surface area contributed by atoms with E-state index in [0.717, 1.165) is 11.3 Å². The van der Waals surface area contributed by atoms with Crippen molar-refractivity contribution in [2.75, 3.05) is 23.8 Å². The van der Waals surface area contributed by atoms with Crippen LogP contribution in [0, 0.1) is 6.92 Å². The normalized spacial score (nSPS) is 10.6. The molecule has 0 aliphatic carbocycles. The molecule has 3 rings (SSSR count). The molecule has 2 aromatic carbocycles. The van der Waals surface area contributed by atoms with Crippen molar-refractivity contribution in [2.24, 2.45) is 0 Å². The first kappa shape index (κ1) is 20.5. The summed E-state index contributed by atoms with van der Waals surface area (Å²) in [4.78, 5) is 26.3. The summed E-state index contributed by atoms with van der Waals surface area (Å²) in [6.45, 7) is 3.82. The first-order chi connectivity index (χ1) is 14.1. The molecule has 0 radical (unpaired) electrons. The van der Waals surface area contributed by atoms with Crippen molar-refractivity contribution in [2.45, 2.75) is 19.0 Å². The minimum Gasteiger partial charge on any atom is -0.465 e. The highest BCUT2D eigenvalue weighted by Crippen LogP contribution is 2.21. The summed E-state index contributed by atoms with van der Waals surface area (Å²) in [6.07, 6.45) is 0. The maximum atomic E-state index is 12.9. The van der Waals surface area contributed by atoms with Crippen molar-refractivity contribution in [3.05, 3.63) is 60.2 Å². The maximum absolute atomic E-state index is 12.9. The molecule has 0 spiro atoms. The van der Waals surface area contributed by atoms with Crippen molar-refractivity contribution in [1.82, 2.24) is 20.2 Å². The molecule has 3 aromatic rings. The van der Waals surface area contributed by atoms with Gasteiger partial charge in [-0.25, -0.2) is 0 Å². The second-order valence-corrected chi connectivity index (χ2v) is 7.06. The van der Waals surface area contributed by atoms with Crippen LogP contribution in [0.5, 0.6) is 0 Å². The van der Waals surface area contributed by atoms with E-state index >= 15 is 0 Å². The van der Waals surface area contributed by atoms with Crippen molar-refractivity contribution in [3.8, 4) is 5.69 Å². The van der Waals surface area contributed by atoms with E-state index < -0.39 is 5.97 Å². The molecule has 0 fully saturated rings. The third kappa shape index (κ3) is 5.41. The second kappa shape index (κ2) is 9.83. The van der Waals surface area contributed by atoms with Crippen LogP contribution in [0.4, 0.5) is 5.69 Å². The van der Waals surface area contributed by atoms with Crippen LogP contribution in [0.3, 0.4) is 0 Å². The van der Waals surface area contributed by atoms with Gasteiger partial charge in [0.2, 0.25) is 11.1 Å². The Balaban J connectivity index is 1.74. The number of anilines is 1. The van der Waals surface area contributed by atoms with Gasteiger partial charge in [0, 0.05) is 5.69 Å². The number of tetrazole rings is 1. The highest BCUT2D eigenvalue weighted by molar-refractivity contribution is 7.99. The molecule has 0 unspecified atom stereocenters. The predicted molar refractivity (Wildman–Crippen MR) is 110 cm³/mol. The Hall–Kier alpha value is -3.20. The number of nitrogens with zero attached hydrogens (tertiary/aromatic N) is 5. The number of aryl methyl sites for hydroxylation is 1. The third-order valence-corrected chi connectivity index (χ3v) is 4.88. The summed E-state index contributed by atoms with van der Waals surface area (Å²) in [6, 6.07) is 16.8. The first-order valence-corrected chi connectivity index (χ1v) is 10.1. The number of hydrogen-bond donors (Lipinski definition) is 0. The standard InChI is InChI=1S/C20H21N5O3S/c1-3-28-19(27)13-24(16-9-5-4-6-10-16)18(26)14-29-20-21-22-23-25(20)17-11-7-8-15(2)12-17/h4-12H,3,13-14H2,1-2H3. The number of thioether (sulfide) groups is 1. The average molecular weight is 411 g/mol. The molecule has 0 N–H and O–H groups in total. The number of hydrogen-bond acceptors (Lipinski definition) is 7. The Kier molecular flexibility index (Phi) is 6.96. The molecule has 0 atom stereocenters. The number of esters is 1. The molecule has 0 aliphatic heterocycles. The molecule has 29 heavy (non-hydrogen) atoms. The molecule has 1 aromatic heterocycles. The molecule has 1 heterocycles. The minimum absolute atomic E-state index is 0.0699. The summed E-state index contributed by atoms with van der Waals surface area (Å²) in [5.74, 6) is -0.632. The Morgan fingerprint density at radius 1 is 1.14 bits per heavy atom. The molecule has 0 saturated carbocycles. The molecule has 0 bridgehead atoms. The molecule has 9 heteroatoms. The van der Waals surface area contributed by atoms with Crippen LogP contribution >= 0.6 is 11.8 Å². The summed E-state index contributed by atoms with van der Waals surface area (Å²) < 4.78 is 6.59. The van der Waals surface area contributed by atoms with Gasteiger partial charge in [0.1, 0.15) is 6.54 Å². The van der Waals surface area contributed by atoms with E-state index in [4.69, 9.17) is 4.74 Å². The Bertz CT molecular complexity index is 977. The molecule has 150 valence electrons. The maximum Gasteiger partial charge on any atom is 0.326 e. The highest BCUT2D eigenvalue weighted by atomic mass is 32.2. The number of carbonyl (C=O) groups is 2. The molecular formula is C20H21N5O3S. The summed E-state index contributed by atoms with van der Waals surface area (Å²) in [5, 5.41) is 12.3. The lowest BCUT2D eigenvalue weighted by molar-refractivity contribution is -0.142. The number of para-hydroxylation sites is 1. The number of rotatable bonds is 8. The quantitative estimate of drug-likeness (QED) is 0.416. The monoisotopic (exact) mass is 411 g/mol. The largest absolute Gasteiger partial charge is 0.465 e. The fourth-order valence-corrected chi connectivity index (χ4v) is 3.43. The Labute approximate surface area is 172 Å². The number of benzene rings is 2. The second-order valence-electron chi connectivity index (χ2n) is 6.12. The van der Waals surface area contributed by atoms with Crippen LogP contribution in [0.2, 0.25) is 0 Å². The Morgan fingerprint density at radius 3 is 2.66 bits per heavy atom. The zero-order valence-corrected chi connectivity index (χ0v) is 17.0. The van der Waals surface area contributed by atoms with E-state index in [1.165, 1.54) is 16.7 Å². The zero-order valence-electron chi connectivity index (χ0n) is 16.2. The number of carbonyl (C=O) groups excluding carboxylic acids is 2. The average Bonchev–Trinajstić information content (AvgIpc) is 3.20. The lowest BCUT2D eigenvalue weighted by Gasteiger charge is -2.21. The van der Waals surface area contributed by atoms with Gasteiger partial charge >= 0.3 is 5.97 Å². The van der Waals surface area contributed by atoms with Crippen molar-refractivity contribution < 1.29 is 14.3 Å². The minimum atomic E-state index is -0.459. The van der Waals surface area contributed by atoms with Crippen LogP contribution in [0.25, 0.3) is 5.69 Å². The summed E-state index contributed by atoms with van der Waals surface area (Å²) in [7, 11) is 0. The lowest BCUT2D eigenvalue weighted by Crippen LogP contribution is -2.37. The molecular weight excluding hydrogens is 390 g/mol.